The van der Waals surface area contributed by atoms with Gasteiger partial charge in [0.25, 0.3) is 12.0 Å². The van der Waals surface area contributed by atoms with E-state index in [0.29, 0.717) is 50.0 Å². The predicted molar refractivity (Wildman–Crippen MR) is 192 cm³/mol. The van der Waals surface area contributed by atoms with Crippen LogP contribution in [0.4, 0.5) is 15.3 Å². The van der Waals surface area contributed by atoms with E-state index < -0.39 is 16.2 Å². The van der Waals surface area contributed by atoms with Crippen molar-refractivity contribution in [2.45, 2.75) is 76.7 Å². The number of likely N-dealkylation sites (tertiary alicyclic amines) is 2. The number of phenols is 1. The van der Waals surface area contributed by atoms with Crippen LogP contribution in [0.5, 0.6) is 5.75 Å². The lowest BCUT2D eigenvalue weighted by molar-refractivity contribution is -0.956. The van der Waals surface area contributed by atoms with Crippen LogP contribution in [0.15, 0.2) is 36.4 Å². The van der Waals surface area contributed by atoms with Crippen LogP contribution in [0.3, 0.4) is 0 Å². The van der Waals surface area contributed by atoms with E-state index in [-0.39, 0.29) is 55.8 Å². The van der Waals surface area contributed by atoms with Gasteiger partial charge in [0, 0.05) is 82.0 Å². The number of hydrogen-bond donors (Lipinski definition) is 3. The first-order chi connectivity index (χ1) is 25.0. The number of carbonyl (C=O) groups is 4. The number of amides is 4. The Morgan fingerprint density at radius 1 is 1.04 bits per heavy atom. The van der Waals surface area contributed by atoms with Gasteiger partial charge in [0.15, 0.2) is 5.66 Å². The number of benzene rings is 2. The van der Waals surface area contributed by atoms with E-state index in [1.165, 1.54) is 7.11 Å². The highest BCUT2D eigenvalue weighted by molar-refractivity contribution is 5.91. The highest BCUT2D eigenvalue weighted by Gasteiger charge is 2.61. The summed E-state index contributed by atoms with van der Waals surface area (Å²) in [6.45, 7) is 8.93. The molecular formula is C38H53N7O7. The Hall–Kier alpha value is -4.08. The number of piperazine rings is 1. The van der Waals surface area contributed by atoms with Crippen molar-refractivity contribution in [3.05, 3.63) is 58.7 Å². The fourth-order valence-electron chi connectivity index (χ4n) is 9.44. The molecule has 282 valence electrons. The number of phenolic OH excluding ortho intramolecular Hbond substituents is 1. The van der Waals surface area contributed by atoms with Crippen molar-refractivity contribution < 1.29 is 38.7 Å². The molecule has 3 N–H and O–H groups in total. The van der Waals surface area contributed by atoms with Gasteiger partial charge in [-0.25, -0.2) is 10.3 Å². The average molecular weight is 720 g/mol. The number of para-hydroxylation sites is 1. The Kier molecular flexibility index (Phi) is 11.5. The number of quaternary nitrogens is 1. The molecule has 0 aromatic heterocycles. The van der Waals surface area contributed by atoms with Crippen LogP contribution in [0.25, 0.3) is 0 Å². The third-order valence-electron chi connectivity index (χ3n) is 12.1. The first-order valence-corrected chi connectivity index (χ1v) is 18.5. The van der Waals surface area contributed by atoms with Gasteiger partial charge >= 0.3 is 6.03 Å². The second-order valence-corrected chi connectivity index (χ2v) is 15.0. The number of rotatable bonds is 10. The number of carbonyl (C=O) groups excluding carboxylic acids is 4. The van der Waals surface area contributed by atoms with Crippen molar-refractivity contribution in [2.24, 2.45) is 0 Å². The SMILES string of the molecule is CONC(=O)CN1CCN(C2CCN(C3(CC=O)CC(N4CCc5ccccc5NC4=O)CC[N@+]3(Cc3cc(C)c(O)c(C)c3)C(=O)[O-])CC2)CC1. The molecule has 2 aromatic carbocycles. The van der Waals surface area contributed by atoms with E-state index >= 15 is 0 Å². The topological polar surface area (TPSA) is 158 Å². The largest absolute Gasteiger partial charge is 0.507 e. The zero-order valence-electron chi connectivity index (χ0n) is 30.6. The number of aryl methyl sites for hydroxylation is 2. The molecule has 3 atom stereocenters. The third kappa shape index (κ3) is 7.40. The van der Waals surface area contributed by atoms with Crippen LogP contribution in [0, 0.1) is 13.8 Å². The molecule has 14 heteroatoms. The molecule has 0 saturated carbocycles. The molecule has 14 nitrogen and oxygen atoms in total. The third-order valence-corrected chi connectivity index (χ3v) is 12.1. The molecule has 4 amide bonds. The monoisotopic (exact) mass is 719 g/mol. The lowest BCUT2D eigenvalue weighted by atomic mass is 9.81. The normalized spacial score (nSPS) is 26.6. The molecule has 4 aliphatic rings. The van der Waals surface area contributed by atoms with Crippen LogP contribution in [-0.4, -0.2) is 137 Å². The summed E-state index contributed by atoms with van der Waals surface area (Å²) in [6, 6.07) is 11.2. The first kappa shape index (κ1) is 37.7. The van der Waals surface area contributed by atoms with Gasteiger partial charge in [-0.1, -0.05) is 18.2 Å². The van der Waals surface area contributed by atoms with Crippen molar-refractivity contribution >= 4 is 30.0 Å². The molecule has 4 heterocycles. The Morgan fingerprint density at radius 2 is 1.73 bits per heavy atom. The van der Waals surface area contributed by atoms with Crippen molar-refractivity contribution in [1.29, 1.82) is 0 Å². The Balaban J connectivity index is 1.28. The van der Waals surface area contributed by atoms with Gasteiger partial charge in [-0.2, -0.15) is 0 Å². The van der Waals surface area contributed by atoms with Crippen LogP contribution < -0.4 is 15.9 Å². The van der Waals surface area contributed by atoms with Crippen LogP contribution in [0.2, 0.25) is 0 Å². The van der Waals surface area contributed by atoms with E-state index in [2.05, 4.69) is 25.5 Å². The number of piperidine rings is 2. The second-order valence-electron chi connectivity index (χ2n) is 15.0. The maximum atomic E-state index is 13.8. The minimum atomic E-state index is -1.24. The van der Waals surface area contributed by atoms with Crippen LogP contribution >= 0.6 is 0 Å². The van der Waals surface area contributed by atoms with E-state index in [1.807, 2.05) is 41.3 Å². The molecule has 0 spiro atoms. The number of urea groups is 1. The zero-order valence-corrected chi connectivity index (χ0v) is 30.6. The van der Waals surface area contributed by atoms with E-state index in [9.17, 15) is 29.4 Å². The summed E-state index contributed by atoms with van der Waals surface area (Å²) in [7, 11) is 1.42. The highest BCUT2D eigenvalue weighted by atomic mass is 16.6. The molecule has 2 aromatic rings. The van der Waals surface area contributed by atoms with E-state index in [1.54, 1.807) is 13.8 Å². The summed E-state index contributed by atoms with van der Waals surface area (Å²) in [5.41, 5.74) is 5.09. The van der Waals surface area contributed by atoms with Gasteiger partial charge in [-0.15, -0.1) is 0 Å². The van der Waals surface area contributed by atoms with E-state index in [0.717, 1.165) is 62.1 Å². The zero-order chi connectivity index (χ0) is 37.0. The molecular weight excluding hydrogens is 666 g/mol. The summed E-state index contributed by atoms with van der Waals surface area (Å²) in [6.07, 6.45) is 2.54. The van der Waals surface area contributed by atoms with Gasteiger partial charge in [-0.3, -0.25) is 28.8 Å². The van der Waals surface area contributed by atoms with Gasteiger partial charge in [-0.05, 0) is 68.0 Å². The predicted octanol–water partition coefficient (Wildman–Crippen LogP) is 1.97. The smallest absolute Gasteiger partial charge is 0.322 e. The standard InChI is InChI=1S/C38H53N7O7/c1-27-22-29(23-28(2)35(27)48)26-45(37(50)51)20-11-32(44-15-8-30-6-4-5-7-33(30)39-36(44)49)24-38(45,12-21-46)43-13-9-31(10-14-43)42-18-16-41(17-19-42)25-34(47)40-52-3/h4-7,21-23,31-32H,8-20,24-26H2,1-3H3,(H3-,39,40,47,48,49,50,51)/t32?,38?,45-/m0/s1. The molecule has 3 fully saturated rings. The maximum absolute atomic E-state index is 13.8. The molecule has 0 bridgehead atoms. The fraction of sp³-hybridized carbons (Fsp3) is 0.579. The van der Waals surface area contributed by atoms with E-state index in [4.69, 9.17) is 4.84 Å². The average Bonchev–Trinajstić information content (AvgIpc) is 3.30. The molecule has 6 rings (SSSR count). The number of anilines is 1. The molecule has 3 saturated heterocycles. The number of nitrogens with one attached hydrogen (secondary N) is 2. The molecule has 0 radical (unpaired) electrons. The Bertz CT molecular complexity index is 1620. The number of carboxylic acid groups (broad SMARTS) is 1. The Labute approximate surface area is 305 Å². The molecule has 52 heavy (non-hydrogen) atoms. The minimum Gasteiger partial charge on any atom is -0.507 e. The number of aldehydes is 1. The number of hydroxylamine groups is 1. The lowest BCUT2D eigenvalue weighted by Crippen LogP contribution is -2.80. The Morgan fingerprint density at radius 3 is 2.38 bits per heavy atom. The molecule has 0 aliphatic carbocycles. The summed E-state index contributed by atoms with van der Waals surface area (Å²) in [4.78, 5) is 65.8. The second kappa shape index (κ2) is 15.9. The van der Waals surface area contributed by atoms with Gasteiger partial charge in [0.1, 0.15) is 18.6 Å². The summed E-state index contributed by atoms with van der Waals surface area (Å²) in [5.74, 6) is 0.000743. The summed E-state index contributed by atoms with van der Waals surface area (Å²) < 4.78 is -0.464. The van der Waals surface area contributed by atoms with Crippen molar-refractivity contribution in [3.63, 3.8) is 0 Å². The van der Waals surface area contributed by atoms with Crippen LogP contribution in [-0.2, 0) is 27.4 Å². The van der Waals surface area contributed by atoms with Crippen molar-refractivity contribution in [3.8, 4) is 5.75 Å². The lowest BCUT2D eigenvalue weighted by Gasteiger charge is -2.62. The van der Waals surface area contributed by atoms with Crippen molar-refractivity contribution in [2.75, 3.05) is 71.3 Å². The first-order valence-electron chi connectivity index (χ1n) is 18.5. The summed E-state index contributed by atoms with van der Waals surface area (Å²) >= 11 is 0. The molecule has 4 aliphatic heterocycles. The quantitative estimate of drug-likeness (QED) is 0.189. The summed E-state index contributed by atoms with van der Waals surface area (Å²) in [5, 5.41) is 27.4. The van der Waals surface area contributed by atoms with Gasteiger partial charge < -0.3 is 30.0 Å². The fourth-order valence-corrected chi connectivity index (χ4v) is 9.44. The number of aromatic hydroxyl groups is 1. The minimum absolute atomic E-state index is 0.0317. The number of fused-ring (bicyclic) bond motifs is 1. The number of hydrogen-bond acceptors (Lipinski definition) is 10. The van der Waals surface area contributed by atoms with Crippen molar-refractivity contribution in [1.82, 2.24) is 25.1 Å². The maximum Gasteiger partial charge on any atom is 0.322 e. The van der Waals surface area contributed by atoms with Gasteiger partial charge in [0.05, 0.1) is 26.6 Å². The highest BCUT2D eigenvalue weighted by Crippen LogP contribution is 2.46. The van der Waals surface area contributed by atoms with Gasteiger partial charge in [0.2, 0.25) is 0 Å². The van der Waals surface area contributed by atoms with Crippen LogP contribution in [0.1, 0.15) is 54.4 Å². The molecule has 2 unspecified atom stereocenters. The number of nitrogens with zero attached hydrogens (tertiary/aromatic N) is 5.